The van der Waals surface area contributed by atoms with Crippen LogP contribution in [0.3, 0.4) is 0 Å². The van der Waals surface area contributed by atoms with Crippen molar-refractivity contribution >= 4 is 76.4 Å². The summed E-state index contributed by atoms with van der Waals surface area (Å²) >= 11 is 13.0. The van der Waals surface area contributed by atoms with E-state index in [0.29, 0.717) is 80.6 Å². The molecule has 7 N–H and O–H groups in total. The molecule has 4 heterocycles. The second-order valence-electron chi connectivity index (χ2n) is 19.7. The molecular weight excluding hydrogens is 1080 g/mol. The molecule has 3 aliphatic rings. The van der Waals surface area contributed by atoms with Crippen LogP contribution in [-0.2, 0) is 44.9 Å². The van der Waals surface area contributed by atoms with E-state index in [9.17, 15) is 58.8 Å². The number of anilines is 1. The molecule has 25 nitrogen and oxygen atoms in total. The number of nitrogens with zero attached hydrogens (tertiary/aromatic N) is 7. The molecule has 0 radical (unpaired) electrons. The van der Waals surface area contributed by atoms with Gasteiger partial charge >= 0.3 is 23.9 Å². The largest absolute Gasteiger partial charge is 0.496 e. The summed E-state index contributed by atoms with van der Waals surface area (Å²) in [5, 5.41) is 51.6. The van der Waals surface area contributed by atoms with Crippen LogP contribution in [0.5, 0.6) is 11.5 Å². The number of halogens is 2. The van der Waals surface area contributed by atoms with Gasteiger partial charge in [-0.15, -0.1) is 0 Å². The number of hydrogen-bond donors (Lipinski definition) is 7. The minimum Gasteiger partial charge on any atom is -0.496 e. The van der Waals surface area contributed by atoms with E-state index in [1.165, 1.54) is 7.11 Å². The van der Waals surface area contributed by atoms with Gasteiger partial charge in [0.25, 0.3) is 5.91 Å². The molecule has 4 amide bonds. The summed E-state index contributed by atoms with van der Waals surface area (Å²) in [6.07, 6.45) is -0.747. The third-order valence-corrected chi connectivity index (χ3v) is 13.8. The fourth-order valence-electron chi connectivity index (χ4n) is 9.49. The maximum absolute atomic E-state index is 14.4. The number of carboxylic acid groups (broad SMARTS) is 4. The van der Waals surface area contributed by atoms with Gasteiger partial charge in [0.05, 0.1) is 76.4 Å². The predicted octanol–water partition coefficient (Wildman–Crippen LogP) is 2.15. The molecule has 0 bridgehead atoms. The van der Waals surface area contributed by atoms with E-state index in [0.717, 1.165) is 0 Å². The van der Waals surface area contributed by atoms with Crippen molar-refractivity contribution in [1.29, 1.82) is 0 Å². The van der Waals surface area contributed by atoms with Gasteiger partial charge in [-0.3, -0.25) is 53.2 Å². The first-order chi connectivity index (χ1) is 37.6. The third kappa shape index (κ3) is 15.9. The number of rotatable bonds is 19. The zero-order valence-electron chi connectivity index (χ0n) is 43.7. The van der Waals surface area contributed by atoms with E-state index in [4.69, 9.17) is 42.5 Å². The fourth-order valence-corrected chi connectivity index (χ4v) is 10.0. The molecule has 2 fully saturated rings. The molecule has 3 aromatic carbocycles. The van der Waals surface area contributed by atoms with Gasteiger partial charge in [0.2, 0.25) is 17.7 Å². The summed E-state index contributed by atoms with van der Waals surface area (Å²) in [6, 6.07) is 13.5. The minimum absolute atomic E-state index is 0.00413. The molecular formula is C52H62Cl2N10O15. The van der Waals surface area contributed by atoms with Gasteiger partial charge in [-0.1, -0.05) is 35.3 Å². The van der Waals surface area contributed by atoms with Crippen LogP contribution >= 0.6 is 23.2 Å². The number of methoxy groups -OCH3 is 1. The van der Waals surface area contributed by atoms with E-state index >= 15 is 0 Å². The number of carboxylic acids is 4. The summed E-state index contributed by atoms with van der Waals surface area (Å²) < 4.78 is 19.5. The number of aliphatic carboxylic acids is 4. The number of carbonyl (C=O) groups excluding carboxylic acids is 4. The number of amides is 4. The Morgan fingerprint density at radius 1 is 0.722 bits per heavy atom. The lowest BCUT2D eigenvalue weighted by Gasteiger charge is -2.41. The van der Waals surface area contributed by atoms with Crippen LogP contribution in [0, 0.1) is 0 Å². The van der Waals surface area contributed by atoms with Gasteiger partial charge < -0.3 is 55.5 Å². The van der Waals surface area contributed by atoms with Crippen molar-refractivity contribution in [2.75, 3.05) is 117 Å². The van der Waals surface area contributed by atoms with Gasteiger partial charge in [-0.05, 0) is 55.8 Å². The highest BCUT2D eigenvalue weighted by Crippen LogP contribution is 2.47. The zero-order chi connectivity index (χ0) is 57.1. The Morgan fingerprint density at radius 3 is 1.85 bits per heavy atom. The van der Waals surface area contributed by atoms with Crippen LogP contribution in [0.2, 0.25) is 10.0 Å². The highest BCUT2D eigenvalue weighted by molar-refractivity contribution is 6.34. The first-order valence-electron chi connectivity index (χ1n) is 25.1. The van der Waals surface area contributed by atoms with Crippen LogP contribution in [0.15, 0.2) is 54.6 Å². The Hall–Kier alpha value is -7.39. The Kier molecular flexibility index (Phi) is 19.9. The molecule has 1 atom stereocenters. The van der Waals surface area contributed by atoms with Crippen LogP contribution in [0.25, 0.3) is 28.1 Å². The summed E-state index contributed by atoms with van der Waals surface area (Å²) in [4.78, 5) is 109. The minimum atomic E-state index is -1.72. The Bertz CT molecular complexity index is 2920. The standard InChI is InChI=1S/C52H62Cl2N10O15/c1-52(2)30-78-16-15-63(52)50(74)48-38-29-79-41-23-40(77-3)36(21-37(41)49(38)64(58-48)35-19-32(53)18-33(54)20-35)31-5-4-6-34(17-31)56-43(66)24-55-42(65)22-39(51(75)76)57-44(67)25-59-7-9-60(26-45(68)69)11-13-62(28-47(72)73)14-12-61(10-8-59)27-46(70)71/h4-6,17-21,23,39H,7-16,22,24-30H2,1-3H3,(H,55,65)(H,56,66)(H,57,67)(H,68,69)(H,70,71)(H,72,73)(H,75,76)/t39-/m1/s1. The van der Waals surface area contributed by atoms with Crippen molar-refractivity contribution in [1.82, 2.24) is 44.9 Å². The van der Waals surface area contributed by atoms with E-state index in [-0.39, 0.29) is 90.2 Å². The lowest BCUT2D eigenvalue weighted by Crippen LogP contribution is -2.55. The Morgan fingerprint density at radius 2 is 1.30 bits per heavy atom. The first-order valence-corrected chi connectivity index (χ1v) is 25.9. The monoisotopic (exact) mass is 1140 g/mol. The van der Waals surface area contributed by atoms with E-state index in [2.05, 4.69) is 16.0 Å². The van der Waals surface area contributed by atoms with Crippen molar-refractivity contribution in [3.63, 3.8) is 0 Å². The lowest BCUT2D eigenvalue weighted by molar-refractivity contribution is -0.143. The molecule has 0 spiro atoms. The van der Waals surface area contributed by atoms with Crippen molar-refractivity contribution in [2.24, 2.45) is 0 Å². The Balaban J connectivity index is 1.02. The van der Waals surface area contributed by atoms with Gasteiger partial charge in [-0.25, -0.2) is 9.48 Å². The zero-order valence-corrected chi connectivity index (χ0v) is 45.2. The SMILES string of the molecule is COc1cc2c(cc1-c1cccc(NC(=O)CNC(=O)C[C@@H](NC(=O)CN3CCN(CC(=O)O)CCN(CC(=O)O)CCN(CC(=O)O)CC3)C(=O)O)c1)-c1c(c(C(=O)N3CCOCC3(C)C)nn1-c1cc(Cl)cc(Cl)c1)CO2. The van der Waals surface area contributed by atoms with E-state index in [1.54, 1.807) is 77.7 Å². The number of aromatic nitrogens is 2. The van der Waals surface area contributed by atoms with Crippen molar-refractivity contribution < 1.29 is 73.0 Å². The average Bonchev–Trinajstić information content (AvgIpc) is 3.80. The highest BCUT2D eigenvalue weighted by atomic mass is 35.5. The van der Waals surface area contributed by atoms with Crippen LogP contribution in [0.4, 0.5) is 5.69 Å². The topological polar surface area (TPSA) is 315 Å². The number of ether oxygens (including phenoxy) is 3. The maximum Gasteiger partial charge on any atom is 0.326 e. The molecule has 0 unspecified atom stereocenters. The van der Waals surface area contributed by atoms with Gasteiger partial charge in [0.15, 0.2) is 5.69 Å². The maximum atomic E-state index is 14.4. The molecule has 424 valence electrons. The summed E-state index contributed by atoms with van der Waals surface area (Å²) in [5.41, 5.74) is 3.17. The molecule has 79 heavy (non-hydrogen) atoms. The number of morpholine rings is 1. The van der Waals surface area contributed by atoms with Gasteiger partial charge in [0, 0.05) is 97.4 Å². The number of benzene rings is 3. The van der Waals surface area contributed by atoms with E-state index < -0.39 is 72.7 Å². The number of fused-ring (bicyclic) bond motifs is 3. The first kappa shape index (κ1) is 59.3. The number of nitrogens with one attached hydrogen (secondary N) is 3. The normalized spacial score (nSPS) is 16.8. The summed E-state index contributed by atoms with van der Waals surface area (Å²) in [7, 11) is 1.49. The summed E-state index contributed by atoms with van der Waals surface area (Å²) in [6.45, 7) is 3.89. The van der Waals surface area contributed by atoms with E-state index in [1.807, 2.05) is 19.9 Å². The van der Waals surface area contributed by atoms with Crippen molar-refractivity contribution in [3.05, 3.63) is 75.9 Å². The number of carbonyl (C=O) groups is 8. The smallest absolute Gasteiger partial charge is 0.326 e. The quantitative estimate of drug-likeness (QED) is 0.0707. The average molecular weight is 1140 g/mol. The van der Waals surface area contributed by atoms with Gasteiger partial charge in [0.1, 0.15) is 24.1 Å². The molecule has 7 rings (SSSR count). The van der Waals surface area contributed by atoms with Crippen LogP contribution in [0.1, 0.15) is 36.3 Å². The van der Waals surface area contributed by atoms with Crippen LogP contribution < -0.4 is 25.4 Å². The lowest BCUT2D eigenvalue weighted by atomic mass is 9.95. The molecule has 4 aromatic rings. The third-order valence-electron chi connectivity index (χ3n) is 13.4. The molecule has 0 saturated carbocycles. The van der Waals surface area contributed by atoms with Crippen molar-refractivity contribution in [2.45, 2.75) is 38.5 Å². The predicted molar refractivity (Wildman–Crippen MR) is 286 cm³/mol. The molecule has 1 aromatic heterocycles. The molecule has 27 heteroatoms. The second kappa shape index (κ2) is 26.5. The summed E-state index contributed by atoms with van der Waals surface area (Å²) in [5.74, 6) is -6.68. The molecule has 3 aliphatic heterocycles. The second-order valence-corrected chi connectivity index (χ2v) is 20.6. The Labute approximate surface area is 463 Å². The highest BCUT2D eigenvalue weighted by Gasteiger charge is 2.40. The van der Waals surface area contributed by atoms with Crippen molar-refractivity contribution in [3.8, 4) is 39.6 Å². The fraction of sp³-hybridized carbons (Fsp3) is 0.442. The van der Waals surface area contributed by atoms with Crippen LogP contribution in [-0.4, -0.2) is 226 Å². The van der Waals surface area contributed by atoms with Gasteiger partial charge in [-0.2, -0.15) is 5.10 Å². The number of hydrogen-bond acceptors (Lipinski definition) is 16. The molecule has 0 aliphatic carbocycles. The molecule has 2 saturated heterocycles.